The highest BCUT2D eigenvalue weighted by Crippen LogP contribution is 2.52. The highest BCUT2D eigenvalue weighted by atomic mass is 16.6. The Morgan fingerprint density at radius 2 is 1.65 bits per heavy atom. The zero-order valence-corrected chi connectivity index (χ0v) is 16.5. The normalized spacial score (nSPS) is 25.7. The molecule has 8 heteroatoms. The summed E-state index contributed by atoms with van der Waals surface area (Å²) >= 11 is 0. The Morgan fingerprint density at radius 1 is 1.00 bits per heavy atom. The van der Waals surface area contributed by atoms with Gasteiger partial charge >= 0.3 is 0 Å². The van der Waals surface area contributed by atoms with Crippen molar-refractivity contribution in [2.24, 2.45) is 23.7 Å². The van der Waals surface area contributed by atoms with E-state index in [9.17, 15) is 24.5 Å². The molecule has 2 aliphatic carbocycles. The SMILES string of the molecule is O=C(c1cccc([N+](=O)[O-])c1)N(Cc1ccccc1)N1C(=O)[C@@H]2[C@H](C1=O)[C@H]1C=C[C@H]2C1. The molecule has 8 nitrogen and oxygen atoms in total. The van der Waals surface area contributed by atoms with Gasteiger partial charge in [0.15, 0.2) is 0 Å². The van der Waals surface area contributed by atoms with E-state index in [1.807, 2.05) is 18.2 Å². The van der Waals surface area contributed by atoms with Gasteiger partial charge in [-0.25, -0.2) is 5.01 Å². The lowest BCUT2D eigenvalue weighted by atomic mass is 9.85. The minimum atomic E-state index is -0.630. The number of amides is 3. The van der Waals surface area contributed by atoms with Crippen molar-refractivity contribution in [1.82, 2.24) is 10.0 Å². The summed E-state index contributed by atoms with van der Waals surface area (Å²) in [6.45, 7) is 0.00203. The smallest absolute Gasteiger partial charge is 0.272 e. The summed E-state index contributed by atoms with van der Waals surface area (Å²) in [5.74, 6) is -2.24. The van der Waals surface area contributed by atoms with Crippen LogP contribution in [0.5, 0.6) is 0 Å². The predicted molar refractivity (Wildman–Crippen MR) is 109 cm³/mol. The summed E-state index contributed by atoms with van der Waals surface area (Å²) in [6, 6.07) is 14.3. The van der Waals surface area contributed by atoms with Crippen LogP contribution in [0.1, 0.15) is 22.3 Å². The van der Waals surface area contributed by atoms with Crippen LogP contribution in [0.15, 0.2) is 66.7 Å². The first kappa shape index (κ1) is 19.2. The number of rotatable bonds is 5. The second-order valence-corrected chi connectivity index (χ2v) is 8.14. The summed E-state index contributed by atoms with van der Waals surface area (Å²) in [5, 5.41) is 13.3. The lowest BCUT2D eigenvalue weighted by molar-refractivity contribution is -0.384. The first-order valence-corrected chi connectivity index (χ1v) is 10.1. The summed E-state index contributed by atoms with van der Waals surface area (Å²) in [7, 11) is 0. The molecule has 5 rings (SSSR count). The van der Waals surface area contributed by atoms with Gasteiger partial charge in [0, 0.05) is 17.7 Å². The number of imide groups is 1. The van der Waals surface area contributed by atoms with Crippen molar-refractivity contribution in [3.05, 3.63) is 88.0 Å². The maximum atomic E-state index is 13.4. The van der Waals surface area contributed by atoms with E-state index in [0.717, 1.165) is 28.1 Å². The van der Waals surface area contributed by atoms with Gasteiger partial charge in [-0.1, -0.05) is 48.6 Å². The van der Waals surface area contributed by atoms with E-state index < -0.39 is 22.7 Å². The van der Waals surface area contributed by atoms with Crippen LogP contribution in [0.3, 0.4) is 0 Å². The number of nitro benzene ring substituents is 1. The van der Waals surface area contributed by atoms with Crippen LogP contribution >= 0.6 is 0 Å². The van der Waals surface area contributed by atoms with Crippen LogP contribution in [0.4, 0.5) is 5.69 Å². The number of nitro groups is 1. The zero-order chi connectivity index (χ0) is 21.7. The lowest BCUT2D eigenvalue weighted by Gasteiger charge is -2.31. The van der Waals surface area contributed by atoms with Crippen molar-refractivity contribution in [3.8, 4) is 0 Å². The third-order valence-corrected chi connectivity index (χ3v) is 6.40. The van der Waals surface area contributed by atoms with Gasteiger partial charge in [0.05, 0.1) is 23.3 Å². The van der Waals surface area contributed by atoms with Crippen molar-refractivity contribution in [3.63, 3.8) is 0 Å². The fraction of sp³-hybridized carbons (Fsp3) is 0.261. The Kier molecular flexibility index (Phi) is 4.43. The summed E-state index contributed by atoms with van der Waals surface area (Å²) in [6.07, 6.45) is 4.77. The van der Waals surface area contributed by atoms with Gasteiger partial charge in [0.1, 0.15) is 0 Å². The minimum Gasteiger partial charge on any atom is -0.272 e. The molecule has 1 aliphatic heterocycles. The number of hydrogen-bond acceptors (Lipinski definition) is 5. The molecule has 4 atom stereocenters. The molecule has 0 unspecified atom stereocenters. The summed E-state index contributed by atoms with van der Waals surface area (Å²) < 4.78 is 0. The standard InChI is InChI=1S/C23H19N3O5/c27-21(17-7-4-8-18(12-17)26(30)31)24(13-14-5-2-1-3-6-14)25-22(28)19-15-9-10-16(11-15)20(19)23(25)29/h1-10,12,15-16,19-20H,11,13H2/t15-,16-,19-,20+/m0/s1. The number of hydrazine groups is 1. The highest BCUT2D eigenvalue weighted by molar-refractivity contribution is 6.08. The van der Waals surface area contributed by atoms with E-state index in [1.165, 1.54) is 18.2 Å². The number of carbonyl (C=O) groups excluding carboxylic acids is 3. The molecule has 1 heterocycles. The number of non-ortho nitro benzene ring substituents is 1. The molecule has 0 aromatic heterocycles. The van der Waals surface area contributed by atoms with Crippen LogP contribution in [-0.4, -0.2) is 32.7 Å². The van der Waals surface area contributed by atoms with Gasteiger partial charge in [-0.3, -0.25) is 24.5 Å². The van der Waals surface area contributed by atoms with Crippen LogP contribution in [0.25, 0.3) is 0 Å². The number of benzene rings is 2. The first-order chi connectivity index (χ1) is 15.0. The molecular weight excluding hydrogens is 398 g/mol. The molecular formula is C23H19N3O5. The van der Waals surface area contributed by atoms with Gasteiger partial charge < -0.3 is 0 Å². The van der Waals surface area contributed by atoms with Crippen molar-refractivity contribution in [1.29, 1.82) is 0 Å². The molecule has 0 N–H and O–H groups in total. The minimum absolute atomic E-state index is 0.00203. The molecule has 2 bridgehead atoms. The molecule has 31 heavy (non-hydrogen) atoms. The fourth-order valence-corrected chi connectivity index (χ4v) is 5.02. The molecule has 156 valence electrons. The quantitative estimate of drug-likeness (QED) is 0.322. The fourth-order valence-electron chi connectivity index (χ4n) is 5.02. The molecule has 2 aromatic carbocycles. The van der Waals surface area contributed by atoms with E-state index in [2.05, 4.69) is 0 Å². The highest BCUT2D eigenvalue weighted by Gasteiger charge is 2.61. The maximum Gasteiger partial charge on any atom is 0.273 e. The molecule has 2 aromatic rings. The van der Waals surface area contributed by atoms with E-state index in [4.69, 9.17) is 0 Å². The first-order valence-electron chi connectivity index (χ1n) is 10.1. The number of hydrogen-bond donors (Lipinski definition) is 0. The van der Waals surface area contributed by atoms with Gasteiger partial charge in [0.25, 0.3) is 23.4 Å². The summed E-state index contributed by atoms with van der Waals surface area (Å²) in [5.41, 5.74) is 0.549. The van der Waals surface area contributed by atoms with Crippen molar-refractivity contribution >= 4 is 23.4 Å². The van der Waals surface area contributed by atoms with Gasteiger partial charge in [-0.05, 0) is 29.9 Å². The lowest BCUT2D eigenvalue weighted by Crippen LogP contribution is -2.50. The third kappa shape index (κ3) is 3.02. The van der Waals surface area contributed by atoms with E-state index in [0.29, 0.717) is 0 Å². The number of nitrogens with zero attached hydrogens (tertiary/aromatic N) is 3. The van der Waals surface area contributed by atoms with Crippen LogP contribution < -0.4 is 0 Å². The Hall–Kier alpha value is -3.81. The third-order valence-electron chi connectivity index (χ3n) is 6.40. The second-order valence-electron chi connectivity index (χ2n) is 8.14. The number of allylic oxidation sites excluding steroid dienone is 2. The van der Waals surface area contributed by atoms with Crippen LogP contribution in [0, 0.1) is 33.8 Å². The number of fused-ring (bicyclic) bond motifs is 5. The maximum absolute atomic E-state index is 13.4. The monoisotopic (exact) mass is 417 g/mol. The van der Waals surface area contributed by atoms with E-state index in [1.54, 1.807) is 24.3 Å². The Morgan fingerprint density at radius 3 is 2.26 bits per heavy atom. The molecule has 0 spiro atoms. The zero-order valence-electron chi connectivity index (χ0n) is 16.5. The van der Waals surface area contributed by atoms with Crippen molar-refractivity contribution in [2.75, 3.05) is 0 Å². The topological polar surface area (TPSA) is 101 Å². The van der Waals surface area contributed by atoms with Gasteiger partial charge in [0.2, 0.25) is 0 Å². The molecule has 1 saturated heterocycles. The van der Waals surface area contributed by atoms with E-state index in [-0.39, 0.29) is 41.4 Å². The Labute approximate surface area is 177 Å². The van der Waals surface area contributed by atoms with Crippen molar-refractivity contribution < 1.29 is 19.3 Å². The predicted octanol–water partition coefficient (Wildman–Crippen LogP) is 2.96. The summed E-state index contributed by atoms with van der Waals surface area (Å²) in [4.78, 5) is 50.6. The Balaban J connectivity index is 1.53. The molecule has 3 aliphatic rings. The van der Waals surface area contributed by atoms with Crippen LogP contribution in [-0.2, 0) is 16.1 Å². The van der Waals surface area contributed by atoms with Gasteiger partial charge in [-0.2, -0.15) is 5.01 Å². The second kappa shape index (κ2) is 7.16. The van der Waals surface area contributed by atoms with Crippen LogP contribution in [0.2, 0.25) is 0 Å². The van der Waals surface area contributed by atoms with E-state index >= 15 is 0 Å². The van der Waals surface area contributed by atoms with Crippen molar-refractivity contribution in [2.45, 2.75) is 13.0 Å². The number of carbonyl (C=O) groups is 3. The average Bonchev–Trinajstić information content (AvgIpc) is 3.46. The van der Waals surface area contributed by atoms with Gasteiger partial charge in [-0.15, -0.1) is 0 Å². The molecule has 0 radical (unpaired) electrons. The average molecular weight is 417 g/mol. The molecule has 1 saturated carbocycles. The Bertz CT molecular complexity index is 1100. The molecule has 3 amide bonds. The molecule has 2 fully saturated rings. The largest absolute Gasteiger partial charge is 0.273 e.